The Hall–Kier alpha value is -2.48. The van der Waals surface area contributed by atoms with Gasteiger partial charge in [0.05, 0.1) is 29.6 Å². The molecule has 3 aromatic rings. The fraction of sp³-hybridized carbons (Fsp3) is 0.231. The van der Waals surface area contributed by atoms with Crippen LogP contribution < -0.4 is 10.6 Å². The van der Waals surface area contributed by atoms with Gasteiger partial charge in [0.15, 0.2) is 5.78 Å². The number of anilines is 3. The summed E-state index contributed by atoms with van der Waals surface area (Å²) in [7, 11) is -3.55. The second-order valence-corrected chi connectivity index (χ2v) is 11.2. The highest BCUT2D eigenvalue weighted by Gasteiger charge is 2.28. The number of rotatable bonds is 11. The Balaban J connectivity index is 1.81. The Morgan fingerprint density at radius 1 is 0.944 bits per heavy atom. The summed E-state index contributed by atoms with van der Waals surface area (Å²) in [5.74, 6) is -0.673. The number of carbonyl (C=O) groups is 2. The quantitative estimate of drug-likeness (QED) is 0.176. The molecule has 2 N–H and O–H groups in total. The molecule has 0 aliphatic rings. The molecule has 0 radical (unpaired) electrons. The van der Waals surface area contributed by atoms with Gasteiger partial charge in [-0.1, -0.05) is 51.8 Å². The molecule has 7 nitrogen and oxygen atoms in total. The van der Waals surface area contributed by atoms with Gasteiger partial charge >= 0.3 is 7.60 Å². The zero-order valence-corrected chi connectivity index (χ0v) is 23.4. The van der Waals surface area contributed by atoms with Crippen LogP contribution in [-0.4, -0.2) is 31.1 Å². The first-order valence-corrected chi connectivity index (χ1v) is 14.2. The van der Waals surface area contributed by atoms with Crippen molar-refractivity contribution in [2.75, 3.05) is 30.0 Å². The number of halogens is 2. The fourth-order valence-corrected chi connectivity index (χ4v) is 5.62. The van der Waals surface area contributed by atoms with Gasteiger partial charge in [0.25, 0.3) is 0 Å². The molecule has 1 amide bonds. The number of hydrogen-bond acceptors (Lipinski definition) is 6. The average molecular weight is 594 g/mol. The predicted molar refractivity (Wildman–Crippen MR) is 148 cm³/mol. The molecule has 0 bridgehead atoms. The van der Waals surface area contributed by atoms with Gasteiger partial charge in [0, 0.05) is 21.3 Å². The van der Waals surface area contributed by atoms with Gasteiger partial charge in [-0.25, -0.2) is 0 Å². The van der Waals surface area contributed by atoms with Gasteiger partial charge in [0.2, 0.25) is 5.91 Å². The second kappa shape index (κ2) is 12.7. The van der Waals surface area contributed by atoms with Crippen molar-refractivity contribution in [3.8, 4) is 0 Å². The van der Waals surface area contributed by atoms with Crippen LogP contribution in [0.5, 0.6) is 0 Å². The highest BCUT2D eigenvalue weighted by Crippen LogP contribution is 2.48. The van der Waals surface area contributed by atoms with Crippen molar-refractivity contribution in [2.45, 2.75) is 20.8 Å². The minimum absolute atomic E-state index is 0.158. The maximum absolute atomic E-state index is 13.0. The lowest BCUT2D eigenvalue weighted by atomic mass is 9.99. The minimum atomic E-state index is -3.55. The van der Waals surface area contributed by atoms with Crippen LogP contribution in [0.15, 0.2) is 65.1 Å². The fourth-order valence-electron chi connectivity index (χ4n) is 3.52. The van der Waals surface area contributed by atoms with E-state index in [0.29, 0.717) is 33.2 Å². The van der Waals surface area contributed by atoms with Crippen LogP contribution in [-0.2, 0) is 18.4 Å². The van der Waals surface area contributed by atoms with Crippen molar-refractivity contribution >= 4 is 63.9 Å². The van der Waals surface area contributed by atoms with Crippen molar-refractivity contribution in [1.82, 2.24) is 0 Å². The van der Waals surface area contributed by atoms with E-state index in [1.54, 1.807) is 56.3 Å². The van der Waals surface area contributed by atoms with Crippen molar-refractivity contribution < 1.29 is 23.2 Å². The molecule has 0 aliphatic carbocycles. The smallest absolute Gasteiger partial charge is 0.340 e. The molecule has 10 heteroatoms. The zero-order valence-electron chi connectivity index (χ0n) is 20.1. The van der Waals surface area contributed by atoms with E-state index in [1.165, 1.54) is 0 Å². The summed E-state index contributed by atoms with van der Waals surface area (Å²) in [4.78, 5) is 25.7. The molecule has 190 valence electrons. The van der Waals surface area contributed by atoms with Crippen LogP contribution in [0.1, 0.15) is 35.3 Å². The first-order valence-electron chi connectivity index (χ1n) is 11.3. The highest BCUT2D eigenvalue weighted by molar-refractivity contribution is 9.10. The summed E-state index contributed by atoms with van der Waals surface area (Å²) in [6.07, 6.45) is -0.415. The first kappa shape index (κ1) is 28.1. The average Bonchev–Trinajstić information content (AvgIpc) is 2.81. The Morgan fingerprint density at radius 2 is 1.64 bits per heavy atom. The Bertz CT molecular complexity index is 1310. The number of amides is 1. The van der Waals surface area contributed by atoms with Gasteiger partial charge in [-0.05, 0) is 62.7 Å². The maximum Gasteiger partial charge on any atom is 0.340 e. The normalized spacial score (nSPS) is 11.2. The molecule has 0 spiro atoms. The van der Waals surface area contributed by atoms with Crippen molar-refractivity contribution in [1.29, 1.82) is 0 Å². The van der Waals surface area contributed by atoms with Gasteiger partial charge < -0.3 is 19.7 Å². The third kappa shape index (κ3) is 7.28. The summed E-state index contributed by atoms with van der Waals surface area (Å²) in [5.41, 5.74) is 3.49. The minimum Gasteiger partial charge on any atom is -0.354 e. The summed E-state index contributed by atoms with van der Waals surface area (Å²) < 4.78 is 23.9. The molecule has 0 atom stereocenters. The second-order valence-electron chi connectivity index (χ2n) is 7.81. The number of benzene rings is 3. The molecule has 0 aromatic heterocycles. The zero-order chi connectivity index (χ0) is 26.3. The summed E-state index contributed by atoms with van der Waals surface area (Å²) >= 11 is 9.88. The van der Waals surface area contributed by atoms with E-state index >= 15 is 0 Å². The Kier molecular flexibility index (Phi) is 9.88. The number of aryl methyl sites for hydroxylation is 1. The van der Waals surface area contributed by atoms with E-state index in [2.05, 4.69) is 26.6 Å². The molecule has 0 aliphatic heterocycles. The molecule has 0 saturated heterocycles. The summed E-state index contributed by atoms with van der Waals surface area (Å²) in [5, 5.41) is 6.28. The molecule has 36 heavy (non-hydrogen) atoms. The van der Waals surface area contributed by atoms with Crippen LogP contribution in [0.3, 0.4) is 0 Å². The van der Waals surface area contributed by atoms with Crippen LogP contribution in [0.2, 0.25) is 5.02 Å². The van der Waals surface area contributed by atoms with Crippen LogP contribution in [0.25, 0.3) is 0 Å². The molecule has 0 saturated carbocycles. The van der Waals surface area contributed by atoms with Gasteiger partial charge in [0.1, 0.15) is 6.16 Å². The Labute approximate surface area is 224 Å². The van der Waals surface area contributed by atoms with Gasteiger partial charge in [-0.3, -0.25) is 14.2 Å². The van der Waals surface area contributed by atoms with Crippen LogP contribution in [0.4, 0.5) is 17.1 Å². The van der Waals surface area contributed by atoms with Crippen molar-refractivity contribution in [3.63, 3.8) is 0 Å². The van der Waals surface area contributed by atoms with E-state index in [4.69, 9.17) is 20.6 Å². The predicted octanol–water partition coefficient (Wildman–Crippen LogP) is 7.59. The molecule has 0 fully saturated rings. The highest BCUT2D eigenvalue weighted by atomic mass is 79.9. The van der Waals surface area contributed by atoms with Gasteiger partial charge in [-0.15, -0.1) is 0 Å². The molecule has 3 aromatic carbocycles. The largest absolute Gasteiger partial charge is 0.354 e. The van der Waals surface area contributed by atoms with E-state index in [9.17, 15) is 14.2 Å². The van der Waals surface area contributed by atoms with Crippen LogP contribution >= 0.6 is 35.1 Å². The Morgan fingerprint density at radius 3 is 2.28 bits per heavy atom. The lowest BCUT2D eigenvalue weighted by molar-refractivity contribution is -0.114. The number of hydrogen-bond donors (Lipinski definition) is 2. The van der Waals surface area contributed by atoms with Crippen LogP contribution in [0, 0.1) is 6.92 Å². The third-order valence-electron chi connectivity index (χ3n) is 5.13. The van der Waals surface area contributed by atoms with E-state index in [0.717, 1.165) is 10.0 Å². The lowest BCUT2D eigenvalue weighted by Crippen LogP contribution is -2.19. The lowest BCUT2D eigenvalue weighted by Gasteiger charge is -2.18. The molecular formula is C26H27BrClN2O5P. The molecule has 0 unspecified atom stereocenters. The molecule has 3 rings (SSSR count). The maximum atomic E-state index is 13.0. The number of nitrogens with one attached hydrogen (secondary N) is 2. The number of carbonyl (C=O) groups excluding carboxylic acids is 2. The van der Waals surface area contributed by atoms with Gasteiger partial charge in [-0.2, -0.15) is 0 Å². The third-order valence-corrected chi connectivity index (χ3v) is 7.91. The first-order chi connectivity index (χ1) is 17.2. The summed E-state index contributed by atoms with van der Waals surface area (Å²) in [6.45, 7) is 5.58. The monoisotopic (exact) mass is 592 g/mol. The summed E-state index contributed by atoms with van der Waals surface area (Å²) in [6, 6.07) is 17.7. The van der Waals surface area contributed by atoms with Crippen molar-refractivity contribution in [2.24, 2.45) is 0 Å². The standard InChI is InChI=1S/C26H27BrClN2O5P/c1-4-34-36(33,35-5-2)16-25(31)30-24-14-18(27)10-13-23(24)29-19-11-12-21(22(28)15-19)26(32)20-9-7-6-8-17(20)3/h6-15,29H,4-5,16H2,1-3H3,(H,30,31). The molecular weight excluding hydrogens is 567 g/mol. The molecule has 0 heterocycles. The van der Waals surface area contributed by atoms with E-state index in [1.807, 2.05) is 25.1 Å². The number of ketones is 1. The van der Waals surface area contributed by atoms with E-state index in [-0.39, 0.29) is 19.0 Å². The van der Waals surface area contributed by atoms with Crippen molar-refractivity contribution in [3.05, 3.63) is 86.8 Å². The van der Waals surface area contributed by atoms with E-state index < -0.39 is 19.7 Å². The topological polar surface area (TPSA) is 93.7 Å². The SMILES string of the molecule is CCOP(=O)(CC(=O)Nc1cc(Br)ccc1Nc1ccc(C(=O)c2ccccc2C)c(Cl)c1)OCC.